The van der Waals surface area contributed by atoms with Gasteiger partial charge in [-0.1, -0.05) is 12.1 Å². The molecule has 4 aromatic rings. The van der Waals surface area contributed by atoms with Crippen molar-refractivity contribution in [3.05, 3.63) is 65.5 Å². The molecule has 0 unspecified atom stereocenters. The second kappa shape index (κ2) is 15.0. The van der Waals surface area contributed by atoms with Gasteiger partial charge in [-0.25, -0.2) is 19.7 Å². The van der Waals surface area contributed by atoms with E-state index in [9.17, 15) is 14.4 Å². The average Bonchev–Trinajstić information content (AvgIpc) is 3.60. The molecule has 1 fully saturated rings. The molecule has 0 bridgehead atoms. The first kappa shape index (κ1) is 35.1. The van der Waals surface area contributed by atoms with E-state index in [-0.39, 0.29) is 29.5 Å². The van der Waals surface area contributed by atoms with Gasteiger partial charge < -0.3 is 34.9 Å². The second-order valence-electron chi connectivity index (χ2n) is 13.0. The molecule has 268 valence electrons. The Kier molecular flexibility index (Phi) is 10.3. The van der Waals surface area contributed by atoms with Crippen LogP contribution >= 0.6 is 0 Å². The number of carbonyl (C=O) groups excluding carboxylic acids is 3. The number of rotatable bonds is 9. The molecule has 4 heterocycles. The van der Waals surface area contributed by atoms with Gasteiger partial charge in [0, 0.05) is 63.6 Å². The Hall–Kier alpha value is -5.77. The Balaban J connectivity index is 1.04. The number of methoxy groups -OCH3 is 1. The minimum Gasteiger partial charge on any atom is -0.491 e. The van der Waals surface area contributed by atoms with Crippen molar-refractivity contribution in [2.24, 2.45) is 4.99 Å². The van der Waals surface area contributed by atoms with Crippen LogP contribution < -0.4 is 30.9 Å². The number of fused-ring (bicyclic) bond motifs is 3. The fourth-order valence-corrected chi connectivity index (χ4v) is 5.77. The molecule has 1 saturated heterocycles. The first-order valence-corrected chi connectivity index (χ1v) is 16.6. The number of nitrogen functional groups attached to an aromatic ring is 1. The van der Waals surface area contributed by atoms with Crippen LogP contribution in [-0.4, -0.2) is 106 Å². The zero-order valence-corrected chi connectivity index (χ0v) is 29.0. The van der Waals surface area contributed by atoms with Crippen molar-refractivity contribution in [2.75, 3.05) is 64.0 Å². The standard InChI is InChI=1S/C35H41N9O7/c1-35(2,3)51-27(45)19-22-5-7-24(8-6-22)50-34(47)43-15-13-42(14-16-43)17-18-49-26-10-9-25-28(29(26)48-4)40-33(44-12-11-37-30(25)44)41-31(46)23-20-38-32(36)39-21-23/h5-10,20-21,37H,11-19H2,1-4H3,(H2,36,38,39). The second-order valence-corrected chi connectivity index (χ2v) is 13.0. The zero-order chi connectivity index (χ0) is 36.1. The maximum atomic E-state index is 12.9. The SMILES string of the molecule is COc1c(OCCN2CCN(C(=O)Oc3ccc(CC(=O)OC(C)(C)C)cc3)CC2)ccc2c3n(c(=NC(=O)c4cnc(N)nc4)nc12)CCN3. The number of piperazine rings is 1. The molecule has 2 amide bonds. The maximum absolute atomic E-state index is 12.9. The topological polar surface area (TPSA) is 189 Å². The highest BCUT2D eigenvalue weighted by atomic mass is 16.6. The summed E-state index contributed by atoms with van der Waals surface area (Å²) in [6.07, 6.45) is 2.37. The quantitative estimate of drug-likeness (QED) is 0.243. The van der Waals surface area contributed by atoms with E-state index in [4.69, 9.17) is 29.7 Å². The fourth-order valence-electron chi connectivity index (χ4n) is 5.77. The molecule has 2 aliphatic rings. The van der Waals surface area contributed by atoms with Crippen LogP contribution in [0.4, 0.5) is 16.6 Å². The molecular weight excluding hydrogens is 658 g/mol. The molecule has 51 heavy (non-hydrogen) atoms. The molecule has 2 aliphatic heterocycles. The van der Waals surface area contributed by atoms with E-state index in [1.165, 1.54) is 12.4 Å². The van der Waals surface area contributed by atoms with Crippen LogP contribution in [0, 0.1) is 0 Å². The number of nitrogens with one attached hydrogen (secondary N) is 1. The fraction of sp³-hybridized carbons (Fsp3) is 0.400. The van der Waals surface area contributed by atoms with Crippen LogP contribution in [0.5, 0.6) is 17.2 Å². The number of benzene rings is 2. The molecule has 0 aliphatic carbocycles. The van der Waals surface area contributed by atoms with Gasteiger partial charge in [-0.15, -0.1) is 0 Å². The lowest BCUT2D eigenvalue weighted by atomic mass is 10.1. The predicted octanol–water partition coefficient (Wildman–Crippen LogP) is 2.66. The van der Waals surface area contributed by atoms with Gasteiger partial charge in [-0.2, -0.15) is 4.99 Å². The Morgan fingerprint density at radius 1 is 0.980 bits per heavy atom. The summed E-state index contributed by atoms with van der Waals surface area (Å²) in [7, 11) is 1.54. The Bertz CT molecular complexity index is 1980. The molecule has 0 atom stereocenters. The third-order valence-corrected chi connectivity index (χ3v) is 8.22. The summed E-state index contributed by atoms with van der Waals surface area (Å²) < 4.78 is 24.7. The highest BCUT2D eigenvalue weighted by Gasteiger charge is 2.24. The summed E-state index contributed by atoms with van der Waals surface area (Å²) >= 11 is 0. The van der Waals surface area contributed by atoms with E-state index < -0.39 is 17.6 Å². The minimum atomic E-state index is -0.548. The lowest BCUT2D eigenvalue weighted by molar-refractivity contribution is -0.153. The summed E-state index contributed by atoms with van der Waals surface area (Å²) in [5, 5.41) is 4.16. The Morgan fingerprint density at radius 3 is 2.39 bits per heavy atom. The minimum absolute atomic E-state index is 0.0625. The molecule has 0 saturated carbocycles. The first-order chi connectivity index (χ1) is 24.5. The normalized spacial score (nSPS) is 14.9. The Labute approximate surface area is 294 Å². The number of nitrogens with zero attached hydrogens (tertiary/aromatic N) is 7. The van der Waals surface area contributed by atoms with Crippen LogP contribution in [0.2, 0.25) is 0 Å². The van der Waals surface area contributed by atoms with E-state index >= 15 is 0 Å². The molecule has 6 rings (SSSR count). The summed E-state index contributed by atoms with van der Waals surface area (Å²) in [4.78, 5) is 58.5. The van der Waals surface area contributed by atoms with Crippen molar-refractivity contribution in [1.29, 1.82) is 0 Å². The van der Waals surface area contributed by atoms with Gasteiger partial charge in [0.1, 0.15) is 29.3 Å². The molecule has 16 heteroatoms. The smallest absolute Gasteiger partial charge is 0.415 e. The first-order valence-electron chi connectivity index (χ1n) is 16.6. The van der Waals surface area contributed by atoms with Gasteiger partial charge in [0.05, 0.1) is 19.1 Å². The van der Waals surface area contributed by atoms with Crippen LogP contribution in [0.25, 0.3) is 10.9 Å². The van der Waals surface area contributed by atoms with Crippen LogP contribution in [0.15, 0.2) is 53.8 Å². The number of anilines is 2. The Morgan fingerprint density at radius 2 is 1.71 bits per heavy atom. The van der Waals surface area contributed by atoms with E-state index in [1.807, 2.05) is 37.5 Å². The van der Waals surface area contributed by atoms with Crippen LogP contribution in [0.1, 0.15) is 36.7 Å². The molecule has 0 radical (unpaired) electrons. The molecule has 2 aromatic carbocycles. The van der Waals surface area contributed by atoms with Gasteiger partial charge in [-0.05, 0) is 50.6 Å². The monoisotopic (exact) mass is 699 g/mol. The number of amides is 2. The van der Waals surface area contributed by atoms with Crippen molar-refractivity contribution in [3.63, 3.8) is 0 Å². The number of ether oxygens (including phenoxy) is 4. The largest absolute Gasteiger partial charge is 0.491 e. The molecule has 16 nitrogen and oxygen atoms in total. The van der Waals surface area contributed by atoms with E-state index in [0.29, 0.717) is 75.2 Å². The summed E-state index contributed by atoms with van der Waals surface area (Å²) in [5.74, 6) is 1.31. The van der Waals surface area contributed by atoms with Gasteiger partial charge in [0.15, 0.2) is 11.5 Å². The van der Waals surface area contributed by atoms with Gasteiger partial charge >= 0.3 is 12.1 Å². The zero-order valence-electron chi connectivity index (χ0n) is 29.0. The lowest BCUT2D eigenvalue weighted by Crippen LogP contribution is -2.50. The highest BCUT2D eigenvalue weighted by Crippen LogP contribution is 2.37. The molecule has 0 spiro atoms. The third kappa shape index (κ3) is 8.52. The number of nitrogens with two attached hydrogens (primary N) is 1. The van der Waals surface area contributed by atoms with Crippen molar-refractivity contribution in [3.8, 4) is 17.2 Å². The van der Waals surface area contributed by atoms with Crippen LogP contribution in [0.3, 0.4) is 0 Å². The van der Waals surface area contributed by atoms with Crippen molar-refractivity contribution in [2.45, 2.75) is 39.3 Å². The van der Waals surface area contributed by atoms with E-state index in [1.54, 1.807) is 36.3 Å². The summed E-state index contributed by atoms with van der Waals surface area (Å²) in [6.45, 7) is 10.0. The molecular formula is C35H41N9O7. The maximum Gasteiger partial charge on any atom is 0.415 e. The van der Waals surface area contributed by atoms with Crippen molar-refractivity contribution < 1.29 is 33.3 Å². The average molecular weight is 700 g/mol. The van der Waals surface area contributed by atoms with Gasteiger partial charge in [-0.3, -0.25) is 19.1 Å². The summed E-state index contributed by atoms with van der Waals surface area (Å²) in [6, 6.07) is 10.6. The molecule has 3 N–H and O–H groups in total. The van der Waals surface area contributed by atoms with Crippen LogP contribution in [-0.2, 0) is 22.5 Å². The number of hydrogen-bond acceptors (Lipinski definition) is 13. The van der Waals surface area contributed by atoms with Gasteiger partial charge in [0.2, 0.25) is 11.6 Å². The number of aromatic nitrogens is 4. The number of hydrogen-bond donors (Lipinski definition) is 2. The van der Waals surface area contributed by atoms with Crippen molar-refractivity contribution >= 4 is 40.6 Å². The number of esters is 1. The van der Waals surface area contributed by atoms with Gasteiger partial charge in [0.25, 0.3) is 5.91 Å². The lowest BCUT2D eigenvalue weighted by Gasteiger charge is -2.33. The highest BCUT2D eigenvalue weighted by molar-refractivity contribution is 5.96. The predicted molar refractivity (Wildman–Crippen MR) is 187 cm³/mol. The van der Waals surface area contributed by atoms with E-state index in [2.05, 4.69) is 25.2 Å². The third-order valence-electron chi connectivity index (χ3n) is 8.22. The number of carbonyl (C=O) groups is 3. The summed E-state index contributed by atoms with van der Waals surface area (Å²) in [5.41, 5.74) is 6.69. The molecule has 2 aromatic heterocycles. The van der Waals surface area contributed by atoms with E-state index in [0.717, 1.165) is 16.8 Å². The van der Waals surface area contributed by atoms with Crippen molar-refractivity contribution in [1.82, 2.24) is 29.3 Å².